The Labute approximate surface area is 130 Å². The Bertz CT molecular complexity index is 483. The maximum atomic E-state index is 6.33. The lowest BCUT2D eigenvalue weighted by Gasteiger charge is -2.37. The van der Waals surface area contributed by atoms with E-state index in [9.17, 15) is 0 Å². The van der Waals surface area contributed by atoms with Crippen LogP contribution in [0.1, 0.15) is 18.4 Å². The van der Waals surface area contributed by atoms with Gasteiger partial charge in [0.15, 0.2) is 0 Å². The molecule has 3 nitrogen and oxygen atoms in total. The molecule has 0 bridgehead atoms. The summed E-state index contributed by atoms with van der Waals surface area (Å²) in [5, 5.41) is 1.19. The van der Waals surface area contributed by atoms with Crippen LogP contribution >= 0.6 is 23.2 Å². The fraction of sp³-hybridized carbons (Fsp3) is 0.600. The number of rotatable bonds is 3. The minimum Gasteiger partial charge on any atom is -0.374 e. The monoisotopic (exact) mass is 314 g/mol. The van der Waals surface area contributed by atoms with E-state index >= 15 is 0 Å². The maximum Gasteiger partial charge on any atom is 0.0856 e. The first-order valence-electron chi connectivity index (χ1n) is 7.19. The van der Waals surface area contributed by atoms with Gasteiger partial charge in [0.1, 0.15) is 0 Å². The molecule has 5 heteroatoms. The van der Waals surface area contributed by atoms with E-state index in [1.54, 1.807) is 6.07 Å². The molecule has 1 aromatic rings. The number of ether oxygens (including phenoxy) is 1. The van der Waals surface area contributed by atoms with Gasteiger partial charge >= 0.3 is 0 Å². The molecule has 20 heavy (non-hydrogen) atoms. The number of nitrogens with zero attached hydrogens (tertiary/aromatic N) is 1. The fourth-order valence-corrected chi connectivity index (χ4v) is 3.59. The van der Waals surface area contributed by atoms with Crippen LogP contribution < -0.4 is 5.73 Å². The van der Waals surface area contributed by atoms with Crippen LogP contribution in [0.4, 0.5) is 0 Å². The molecule has 0 amide bonds. The van der Waals surface area contributed by atoms with E-state index in [0.29, 0.717) is 22.5 Å². The third-order valence-corrected chi connectivity index (χ3v) is 5.24. The van der Waals surface area contributed by atoms with Gasteiger partial charge in [-0.25, -0.2) is 0 Å². The van der Waals surface area contributed by atoms with Gasteiger partial charge in [-0.05, 0) is 37.4 Å². The Morgan fingerprint density at radius 3 is 3.10 bits per heavy atom. The second-order valence-corrected chi connectivity index (χ2v) is 6.53. The summed E-state index contributed by atoms with van der Waals surface area (Å²) in [4.78, 5) is 2.51. The normalized spacial score (nSPS) is 28.4. The van der Waals surface area contributed by atoms with Crippen molar-refractivity contribution >= 4 is 23.2 Å². The topological polar surface area (TPSA) is 38.5 Å². The van der Waals surface area contributed by atoms with E-state index in [-0.39, 0.29) is 12.1 Å². The zero-order chi connectivity index (χ0) is 14.1. The molecule has 0 spiro atoms. The highest BCUT2D eigenvalue weighted by Gasteiger charge is 2.34. The third kappa shape index (κ3) is 2.97. The van der Waals surface area contributed by atoms with Crippen LogP contribution in [0.5, 0.6) is 0 Å². The quantitative estimate of drug-likeness (QED) is 0.932. The van der Waals surface area contributed by atoms with Gasteiger partial charge in [-0.2, -0.15) is 0 Å². The number of hydrogen-bond acceptors (Lipinski definition) is 3. The van der Waals surface area contributed by atoms with E-state index in [2.05, 4.69) is 4.90 Å². The number of fused-ring (bicyclic) bond motifs is 1. The smallest absolute Gasteiger partial charge is 0.0856 e. The van der Waals surface area contributed by atoms with Crippen LogP contribution in [0, 0.1) is 0 Å². The highest BCUT2D eigenvalue weighted by molar-refractivity contribution is 6.42. The summed E-state index contributed by atoms with van der Waals surface area (Å²) >= 11 is 12.3. The van der Waals surface area contributed by atoms with E-state index in [0.717, 1.165) is 18.7 Å². The first-order valence-corrected chi connectivity index (χ1v) is 7.95. The standard InChI is InChI=1S/C15H20Cl2N2O/c16-12-5-1-3-10(15(12)17)7-13(18)14-8-19-6-2-4-11(19)9-20-14/h1,3,5,11,13-14H,2,4,6-9,18H2. The van der Waals surface area contributed by atoms with E-state index in [4.69, 9.17) is 33.7 Å². The number of nitrogens with two attached hydrogens (primary N) is 1. The average molecular weight is 315 g/mol. The van der Waals surface area contributed by atoms with Crippen molar-refractivity contribution in [3.8, 4) is 0 Å². The minimum absolute atomic E-state index is 0.0486. The maximum absolute atomic E-state index is 6.33. The van der Waals surface area contributed by atoms with Crippen molar-refractivity contribution in [2.45, 2.75) is 37.5 Å². The molecule has 0 aliphatic carbocycles. The molecule has 0 aromatic heterocycles. The Morgan fingerprint density at radius 1 is 1.40 bits per heavy atom. The van der Waals surface area contributed by atoms with Crippen molar-refractivity contribution in [2.24, 2.45) is 5.73 Å². The minimum atomic E-state index is -0.0486. The summed E-state index contributed by atoms with van der Waals surface area (Å²) in [6.45, 7) is 2.92. The summed E-state index contributed by atoms with van der Waals surface area (Å²) in [6.07, 6.45) is 3.31. The molecule has 0 radical (unpaired) electrons. The Hall–Kier alpha value is -0.320. The van der Waals surface area contributed by atoms with Crippen molar-refractivity contribution in [3.63, 3.8) is 0 Å². The van der Waals surface area contributed by atoms with Crippen LogP contribution in [0.2, 0.25) is 10.0 Å². The molecule has 3 atom stereocenters. The van der Waals surface area contributed by atoms with Crippen LogP contribution in [-0.2, 0) is 11.2 Å². The van der Waals surface area contributed by atoms with E-state index < -0.39 is 0 Å². The molecule has 1 aromatic carbocycles. The van der Waals surface area contributed by atoms with Gasteiger partial charge in [0.05, 0.1) is 22.8 Å². The van der Waals surface area contributed by atoms with Gasteiger partial charge in [0.25, 0.3) is 0 Å². The second-order valence-electron chi connectivity index (χ2n) is 5.74. The van der Waals surface area contributed by atoms with Crippen LogP contribution in [0.25, 0.3) is 0 Å². The van der Waals surface area contributed by atoms with Crippen LogP contribution in [0.3, 0.4) is 0 Å². The third-order valence-electron chi connectivity index (χ3n) is 4.38. The SMILES string of the molecule is NC(Cc1cccc(Cl)c1Cl)C1CN2CCCC2CO1. The lowest BCUT2D eigenvalue weighted by Crippen LogP contribution is -2.53. The molecule has 2 heterocycles. The predicted octanol–water partition coefficient (Wildman–Crippen LogP) is 2.73. The second kappa shape index (κ2) is 6.20. The highest BCUT2D eigenvalue weighted by atomic mass is 35.5. The molecule has 2 saturated heterocycles. The molecule has 2 aliphatic heterocycles. The molecule has 3 rings (SSSR count). The van der Waals surface area contributed by atoms with Crippen LogP contribution in [-0.4, -0.2) is 42.8 Å². The van der Waals surface area contributed by atoms with Gasteiger partial charge < -0.3 is 10.5 Å². The van der Waals surface area contributed by atoms with Gasteiger partial charge in [0, 0.05) is 18.6 Å². The lowest BCUT2D eigenvalue weighted by atomic mass is 10.00. The molecule has 110 valence electrons. The number of hydrogen-bond donors (Lipinski definition) is 1. The molecule has 2 N–H and O–H groups in total. The Balaban J connectivity index is 1.64. The molecule has 0 saturated carbocycles. The molecular formula is C15H20Cl2N2O. The van der Waals surface area contributed by atoms with Gasteiger partial charge in [-0.15, -0.1) is 0 Å². The molecule has 3 unspecified atom stereocenters. The van der Waals surface area contributed by atoms with Crippen molar-refractivity contribution in [1.82, 2.24) is 4.90 Å². The van der Waals surface area contributed by atoms with Gasteiger partial charge in [-0.1, -0.05) is 35.3 Å². The number of morpholine rings is 1. The summed E-state index contributed by atoms with van der Waals surface area (Å²) in [5.41, 5.74) is 7.33. The first kappa shape index (κ1) is 14.6. The van der Waals surface area contributed by atoms with Crippen molar-refractivity contribution < 1.29 is 4.74 Å². The van der Waals surface area contributed by atoms with Crippen molar-refractivity contribution in [3.05, 3.63) is 33.8 Å². The average Bonchev–Trinajstić information content (AvgIpc) is 2.91. The number of benzene rings is 1. The van der Waals surface area contributed by atoms with Crippen molar-refractivity contribution in [1.29, 1.82) is 0 Å². The molecular weight excluding hydrogens is 295 g/mol. The zero-order valence-corrected chi connectivity index (χ0v) is 12.9. The summed E-state index contributed by atoms with van der Waals surface area (Å²) in [6, 6.07) is 6.25. The highest BCUT2D eigenvalue weighted by Crippen LogP contribution is 2.28. The Kier molecular flexibility index (Phi) is 4.53. The summed E-state index contributed by atoms with van der Waals surface area (Å²) in [5.74, 6) is 0. The summed E-state index contributed by atoms with van der Waals surface area (Å²) in [7, 11) is 0. The first-order chi connectivity index (χ1) is 9.65. The van der Waals surface area contributed by atoms with Crippen molar-refractivity contribution in [2.75, 3.05) is 19.7 Å². The molecule has 2 aliphatic rings. The van der Waals surface area contributed by atoms with Gasteiger partial charge in [-0.3, -0.25) is 4.90 Å². The van der Waals surface area contributed by atoms with E-state index in [1.807, 2.05) is 12.1 Å². The largest absolute Gasteiger partial charge is 0.374 e. The van der Waals surface area contributed by atoms with E-state index in [1.165, 1.54) is 19.4 Å². The Morgan fingerprint density at radius 2 is 2.25 bits per heavy atom. The summed E-state index contributed by atoms with van der Waals surface area (Å²) < 4.78 is 5.95. The van der Waals surface area contributed by atoms with Gasteiger partial charge in [0.2, 0.25) is 0 Å². The predicted molar refractivity (Wildman–Crippen MR) is 82.5 cm³/mol. The number of halogens is 2. The zero-order valence-electron chi connectivity index (χ0n) is 11.4. The van der Waals surface area contributed by atoms with Crippen LogP contribution in [0.15, 0.2) is 18.2 Å². The lowest BCUT2D eigenvalue weighted by molar-refractivity contribution is -0.0589. The fourth-order valence-electron chi connectivity index (χ4n) is 3.19. The molecule has 2 fully saturated rings.